The molecule has 0 heterocycles. The van der Waals surface area contributed by atoms with Gasteiger partial charge in [0.2, 0.25) is 0 Å². The van der Waals surface area contributed by atoms with Gasteiger partial charge in [0.1, 0.15) is 5.75 Å². The van der Waals surface area contributed by atoms with Gasteiger partial charge in [0.15, 0.2) is 0 Å². The summed E-state index contributed by atoms with van der Waals surface area (Å²) in [7, 11) is 0. The van der Waals surface area contributed by atoms with Gasteiger partial charge in [-0.2, -0.15) is 0 Å². The van der Waals surface area contributed by atoms with Gasteiger partial charge in [-0.05, 0) is 101 Å². The van der Waals surface area contributed by atoms with E-state index in [0.29, 0.717) is 17.0 Å². The summed E-state index contributed by atoms with van der Waals surface area (Å²) in [6.07, 6.45) is 3.34. The predicted molar refractivity (Wildman–Crippen MR) is 138 cm³/mol. The fraction of sp³-hybridized carbons (Fsp3) is 0.300. The van der Waals surface area contributed by atoms with Crippen LogP contribution in [-0.4, -0.2) is 5.97 Å². The highest BCUT2D eigenvalue weighted by Crippen LogP contribution is 2.50. The maximum atomic E-state index is 12.5. The largest absolute Gasteiger partial charge is 0.423 e. The van der Waals surface area contributed by atoms with E-state index in [0.717, 1.165) is 12.0 Å². The summed E-state index contributed by atoms with van der Waals surface area (Å²) in [4.78, 5) is 12.5. The SMILES string of the molecule is CC(=Cc1ccc(C(=O)Oc2ccc(N)cc2)cc1)c1cc2c(cc1C)C(C)(C)CC2(C)C. The van der Waals surface area contributed by atoms with E-state index in [1.165, 1.54) is 27.8 Å². The number of aryl methyl sites for hydroxylation is 1. The molecule has 0 amide bonds. The van der Waals surface area contributed by atoms with E-state index in [1.807, 2.05) is 12.1 Å². The molecule has 3 heteroatoms. The van der Waals surface area contributed by atoms with Crippen molar-refractivity contribution < 1.29 is 9.53 Å². The number of allylic oxidation sites excluding steroid dienone is 1. The van der Waals surface area contributed by atoms with Gasteiger partial charge in [0.05, 0.1) is 5.56 Å². The normalized spacial score (nSPS) is 16.4. The van der Waals surface area contributed by atoms with Crippen LogP contribution in [-0.2, 0) is 10.8 Å². The van der Waals surface area contributed by atoms with Crippen LogP contribution < -0.4 is 10.5 Å². The zero-order valence-corrected chi connectivity index (χ0v) is 20.5. The van der Waals surface area contributed by atoms with Crippen molar-refractivity contribution in [2.45, 2.75) is 58.8 Å². The Balaban J connectivity index is 1.56. The number of anilines is 1. The first-order valence-electron chi connectivity index (χ1n) is 11.5. The van der Waals surface area contributed by atoms with Crippen molar-refractivity contribution >= 4 is 23.3 Å². The van der Waals surface area contributed by atoms with E-state index in [-0.39, 0.29) is 16.8 Å². The average Bonchev–Trinajstić information content (AvgIpc) is 2.92. The first-order chi connectivity index (χ1) is 15.5. The second-order valence-electron chi connectivity index (χ2n) is 10.6. The maximum absolute atomic E-state index is 12.5. The minimum absolute atomic E-state index is 0.175. The van der Waals surface area contributed by atoms with Crippen LogP contribution in [0.25, 0.3) is 11.6 Å². The van der Waals surface area contributed by atoms with E-state index < -0.39 is 0 Å². The number of ether oxygens (including phenoxy) is 1. The number of rotatable bonds is 4. The van der Waals surface area contributed by atoms with Crippen LogP contribution >= 0.6 is 0 Å². The zero-order valence-electron chi connectivity index (χ0n) is 20.5. The number of nitrogen functional groups attached to an aromatic ring is 1. The van der Waals surface area contributed by atoms with Crippen LogP contribution in [0.3, 0.4) is 0 Å². The predicted octanol–water partition coefficient (Wildman–Crippen LogP) is 7.32. The lowest BCUT2D eigenvalue weighted by molar-refractivity contribution is 0.0735. The van der Waals surface area contributed by atoms with Crippen molar-refractivity contribution in [2.24, 2.45) is 0 Å². The highest BCUT2D eigenvalue weighted by Gasteiger charge is 2.42. The number of hydrogen-bond acceptors (Lipinski definition) is 3. The summed E-state index contributed by atoms with van der Waals surface area (Å²) in [5.74, 6) is 0.0959. The summed E-state index contributed by atoms with van der Waals surface area (Å²) >= 11 is 0. The standard InChI is InChI=1S/C30H33NO2/c1-19(25-17-27-26(16-20(25)2)29(3,4)18-30(27,5)6)15-21-7-9-22(10-8-21)28(32)33-24-13-11-23(31)12-14-24/h7-17H,18,31H2,1-6H3. The molecule has 3 nitrogen and oxygen atoms in total. The second kappa shape index (κ2) is 8.22. The molecule has 0 saturated heterocycles. The van der Waals surface area contributed by atoms with E-state index in [2.05, 4.69) is 59.8 Å². The highest BCUT2D eigenvalue weighted by atomic mass is 16.5. The Hall–Kier alpha value is -3.33. The molecule has 0 aliphatic heterocycles. The second-order valence-corrected chi connectivity index (χ2v) is 10.6. The topological polar surface area (TPSA) is 52.3 Å². The smallest absolute Gasteiger partial charge is 0.343 e. The van der Waals surface area contributed by atoms with E-state index >= 15 is 0 Å². The fourth-order valence-electron chi connectivity index (χ4n) is 5.29. The van der Waals surface area contributed by atoms with Crippen LogP contribution in [0.5, 0.6) is 5.75 Å². The molecule has 3 aromatic carbocycles. The molecule has 0 aromatic heterocycles. The quantitative estimate of drug-likeness (QED) is 0.201. The van der Waals surface area contributed by atoms with E-state index in [1.54, 1.807) is 36.4 Å². The molecule has 2 N–H and O–H groups in total. The number of nitrogens with two attached hydrogens (primary N) is 1. The van der Waals surface area contributed by atoms with Crippen molar-refractivity contribution in [3.63, 3.8) is 0 Å². The molecule has 0 atom stereocenters. The highest BCUT2D eigenvalue weighted by molar-refractivity contribution is 5.91. The number of benzene rings is 3. The molecule has 1 aliphatic rings. The molecule has 0 fully saturated rings. The van der Waals surface area contributed by atoms with Crippen LogP contribution in [0.2, 0.25) is 0 Å². The minimum Gasteiger partial charge on any atom is -0.423 e. The summed E-state index contributed by atoms with van der Waals surface area (Å²) in [5, 5.41) is 0. The Kier molecular flexibility index (Phi) is 5.69. The van der Waals surface area contributed by atoms with Crippen molar-refractivity contribution in [3.8, 4) is 5.75 Å². The number of hydrogen-bond donors (Lipinski definition) is 1. The Morgan fingerprint density at radius 1 is 0.909 bits per heavy atom. The number of carbonyl (C=O) groups is 1. The van der Waals surface area contributed by atoms with Gasteiger partial charge < -0.3 is 10.5 Å². The lowest BCUT2D eigenvalue weighted by atomic mass is 9.82. The van der Waals surface area contributed by atoms with Crippen LogP contribution in [0.15, 0.2) is 60.7 Å². The Labute approximate surface area is 197 Å². The molecular formula is C30H33NO2. The lowest BCUT2D eigenvalue weighted by Gasteiger charge is -2.22. The molecule has 170 valence electrons. The van der Waals surface area contributed by atoms with Crippen LogP contribution in [0.1, 0.15) is 79.2 Å². The average molecular weight is 440 g/mol. The third-order valence-electron chi connectivity index (χ3n) is 6.75. The molecule has 0 spiro atoms. The Bertz CT molecular complexity index is 1230. The third kappa shape index (κ3) is 4.59. The lowest BCUT2D eigenvalue weighted by Crippen LogP contribution is -2.17. The molecule has 0 radical (unpaired) electrons. The number of esters is 1. The molecular weight excluding hydrogens is 406 g/mol. The minimum atomic E-state index is -0.383. The maximum Gasteiger partial charge on any atom is 0.343 e. The van der Waals surface area contributed by atoms with Crippen molar-refractivity contribution in [2.75, 3.05) is 5.73 Å². The van der Waals surface area contributed by atoms with Crippen LogP contribution in [0.4, 0.5) is 5.69 Å². The first kappa shape index (κ1) is 22.8. The Morgan fingerprint density at radius 3 is 2.09 bits per heavy atom. The van der Waals surface area contributed by atoms with Crippen LogP contribution in [0, 0.1) is 6.92 Å². The van der Waals surface area contributed by atoms with Gasteiger partial charge in [-0.25, -0.2) is 4.79 Å². The summed E-state index contributed by atoms with van der Waals surface area (Å²) in [6, 6.07) is 19.1. The van der Waals surface area contributed by atoms with Crippen molar-refractivity contribution in [1.82, 2.24) is 0 Å². The van der Waals surface area contributed by atoms with Gasteiger partial charge in [0.25, 0.3) is 0 Å². The molecule has 0 saturated carbocycles. The molecule has 3 aromatic rings. The van der Waals surface area contributed by atoms with Gasteiger partial charge in [-0.1, -0.05) is 58.0 Å². The molecule has 0 unspecified atom stereocenters. The summed E-state index contributed by atoms with van der Waals surface area (Å²) < 4.78 is 5.43. The van der Waals surface area contributed by atoms with E-state index in [9.17, 15) is 4.79 Å². The van der Waals surface area contributed by atoms with E-state index in [4.69, 9.17) is 10.5 Å². The van der Waals surface area contributed by atoms with Gasteiger partial charge in [-0.3, -0.25) is 0 Å². The molecule has 33 heavy (non-hydrogen) atoms. The van der Waals surface area contributed by atoms with Crippen molar-refractivity contribution in [1.29, 1.82) is 0 Å². The summed E-state index contributed by atoms with van der Waals surface area (Å²) in [5.41, 5.74) is 15.0. The summed E-state index contributed by atoms with van der Waals surface area (Å²) in [6.45, 7) is 13.8. The number of fused-ring (bicyclic) bond motifs is 1. The fourth-order valence-corrected chi connectivity index (χ4v) is 5.29. The number of carbonyl (C=O) groups excluding carboxylic acids is 1. The zero-order chi connectivity index (χ0) is 24.0. The van der Waals surface area contributed by atoms with Crippen molar-refractivity contribution in [3.05, 3.63) is 94.0 Å². The van der Waals surface area contributed by atoms with Gasteiger partial charge in [-0.15, -0.1) is 0 Å². The molecule has 1 aliphatic carbocycles. The monoisotopic (exact) mass is 439 g/mol. The first-order valence-corrected chi connectivity index (χ1v) is 11.5. The Morgan fingerprint density at radius 2 is 1.48 bits per heavy atom. The molecule has 0 bridgehead atoms. The third-order valence-corrected chi connectivity index (χ3v) is 6.75. The van der Waals surface area contributed by atoms with Gasteiger partial charge >= 0.3 is 5.97 Å². The molecule has 4 rings (SSSR count). The van der Waals surface area contributed by atoms with Gasteiger partial charge in [0, 0.05) is 5.69 Å².